The molecular formula is C13H24N4O2. The highest BCUT2D eigenvalue weighted by atomic mass is 16.4. The first-order valence-corrected chi connectivity index (χ1v) is 6.98. The average molecular weight is 268 g/mol. The molecule has 0 aliphatic carbocycles. The Morgan fingerprint density at radius 2 is 2.05 bits per heavy atom. The summed E-state index contributed by atoms with van der Waals surface area (Å²) in [5.41, 5.74) is 4.69. The molecule has 2 heterocycles. The fraction of sp³-hybridized carbons (Fsp3) is 0.846. The lowest BCUT2D eigenvalue weighted by atomic mass is 9.89. The number of rotatable bonds is 2. The monoisotopic (exact) mass is 268 g/mol. The van der Waals surface area contributed by atoms with Gasteiger partial charge in [-0.1, -0.05) is 11.6 Å². The normalized spacial score (nSPS) is 26.1. The van der Waals surface area contributed by atoms with E-state index >= 15 is 0 Å². The second-order valence-corrected chi connectivity index (χ2v) is 6.05. The van der Waals surface area contributed by atoms with Crippen molar-refractivity contribution in [3.05, 3.63) is 0 Å². The van der Waals surface area contributed by atoms with Crippen molar-refractivity contribution in [2.45, 2.75) is 39.2 Å². The fourth-order valence-electron chi connectivity index (χ4n) is 2.97. The van der Waals surface area contributed by atoms with E-state index in [0.29, 0.717) is 6.04 Å². The van der Waals surface area contributed by atoms with Gasteiger partial charge in [0.25, 0.3) is 0 Å². The molecule has 0 radical (unpaired) electrons. The first-order chi connectivity index (χ1) is 8.96. The number of amides is 1. The van der Waals surface area contributed by atoms with Crippen LogP contribution in [0.2, 0.25) is 0 Å². The number of oxime groups is 1. The van der Waals surface area contributed by atoms with Crippen LogP contribution in [-0.2, 0) is 4.79 Å². The van der Waals surface area contributed by atoms with Crippen molar-refractivity contribution in [1.29, 1.82) is 0 Å². The molecule has 0 aromatic heterocycles. The van der Waals surface area contributed by atoms with Gasteiger partial charge in [0.2, 0.25) is 5.91 Å². The van der Waals surface area contributed by atoms with Gasteiger partial charge >= 0.3 is 0 Å². The molecule has 108 valence electrons. The number of nitrogens with zero attached hydrogens (tertiary/aromatic N) is 3. The predicted octanol–water partition coefficient (Wildman–Crippen LogP) is 0.456. The number of piperazine rings is 1. The molecule has 2 saturated heterocycles. The van der Waals surface area contributed by atoms with E-state index in [4.69, 9.17) is 10.9 Å². The van der Waals surface area contributed by atoms with Gasteiger partial charge in [-0.2, -0.15) is 0 Å². The molecule has 0 spiro atoms. The number of carbonyl (C=O) groups excluding carboxylic acids is 1. The summed E-state index contributed by atoms with van der Waals surface area (Å²) in [7, 11) is 0. The number of carbonyl (C=O) groups is 1. The Labute approximate surface area is 114 Å². The summed E-state index contributed by atoms with van der Waals surface area (Å²) in [5, 5.41) is 11.8. The number of hydrogen-bond donors (Lipinski definition) is 2. The number of nitrogens with two attached hydrogens (primary N) is 1. The molecule has 0 saturated carbocycles. The molecule has 19 heavy (non-hydrogen) atoms. The summed E-state index contributed by atoms with van der Waals surface area (Å²) >= 11 is 0. The van der Waals surface area contributed by atoms with Crippen LogP contribution in [0.1, 0.15) is 33.1 Å². The van der Waals surface area contributed by atoms with Crippen molar-refractivity contribution in [3.63, 3.8) is 0 Å². The highest BCUT2D eigenvalue weighted by molar-refractivity contribution is 6.05. The average Bonchev–Trinajstić information content (AvgIpc) is 2.44. The molecular weight excluding hydrogens is 244 g/mol. The van der Waals surface area contributed by atoms with Crippen LogP contribution in [0.25, 0.3) is 0 Å². The molecule has 1 atom stereocenters. The van der Waals surface area contributed by atoms with Gasteiger partial charge in [-0.05, 0) is 33.2 Å². The highest BCUT2D eigenvalue weighted by Crippen LogP contribution is 2.25. The Morgan fingerprint density at radius 3 is 2.74 bits per heavy atom. The van der Waals surface area contributed by atoms with Crippen molar-refractivity contribution < 1.29 is 10.0 Å². The number of piperidine rings is 1. The third-order valence-corrected chi connectivity index (χ3v) is 4.41. The van der Waals surface area contributed by atoms with Gasteiger partial charge in [-0.25, -0.2) is 0 Å². The fourth-order valence-corrected chi connectivity index (χ4v) is 2.97. The highest BCUT2D eigenvalue weighted by Gasteiger charge is 2.39. The van der Waals surface area contributed by atoms with E-state index in [1.165, 1.54) is 12.8 Å². The Morgan fingerprint density at radius 1 is 1.32 bits per heavy atom. The summed E-state index contributed by atoms with van der Waals surface area (Å²) in [6, 6.07) is 0.481. The standard InChI is InChI=1S/C13H24N4O2/c1-13(2,11(14)15-19)12(18)17-8-7-16-6-4-3-5-10(16)9-17/h10,19H,3-9H2,1-2H3,(H2,14,15). The van der Waals surface area contributed by atoms with Crippen LogP contribution in [0.3, 0.4) is 0 Å². The maximum Gasteiger partial charge on any atom is 0.236 e. The Bertz CT molecular complexity index is 381. The second kappa shape index (κ2) is 5.36. The van der Waals surface area contributed by atoms with Crippen LogP contribution in [0.15, 0.2) is 5.16 Å². The molecule has 6 nitrogen and oxygen atoms in total. The lowest BCUT2D eigenvalue weighted by Gasteiger charge is -2.45. The van der Waals surface area contributed by atoms with Crippen LogP contribution in [0, 0.1) is 5.41 Å². The van der Waals surface area contributed by atoms with E-state index in [-0.39, 0.29) is 11.7 Å². The smallest absolute Gasteiger partial charge is 0.236 e. The largest absolute Gasteiger partial charge is 0.409 e. The topological polar surface area (TPSA) is 82.2 Å². The zero-order valence-corrected chi connectivity index (χ0v) is 11.8. The molecule has 2 aliphatic heterocycles. The lowest BCUT2D eigenvalue weighted by Crippen LogP contribution is -2.59. The molecule has 0 aromatic rings. The third kappa shape index (κ3) is 2.68. The lowest BCUT2D eigenvalue weighted by molar-refractivity contribution is -0.140. The maximum atomic E-state index is 12.5. The van der Waals surface area contributed by atoms with Gasteiger partial charge in [0.05, 0.1) is 0 Å². The summed E-state index contributed by atoms with van der Waals surface area (Å²) < 4.78 is 0. The van der Waals surface area contributed by atoms with E-state index in [1.54, 1.807) is 13.8 Å². The molecule has 2 aliphatic rings. The van der Waals surface area contributed by atoms with E-state index < -0.39 is 5.41 Å². The zero-order valence-electron chi connectivity index (χ0n) is 11.8. The van der Waals surface area contributed by atoms with Gasteiger partial charge in [-0.15, -0.1) is 0 Å². The van der Waals surface area contributed by atoms with E-state index in [0.717, 1.165) is 32.6 Å². The van der Waals surface area contributed by atoms with Crippen molar-refractivity contribution >= 4 is 11.7 Å². The minimum absolute atomic E-state index is 0.0245. The van der Waals surface area contributed by atoms with Crippen LogP contribution in [0.5, 0.6) is 0 Å². The molecule has 0 aromatic carbocycles. The SMILES string of the molecule is CC(C)(C(=O)N1CCN2CCCCC2C1)C(N)=NO. The second-order valence-electron chi connectivity index (χ2n) is 6.05. The molecule has 3 N–H and O–H groups in total. The van der Waals surface area contributed by atoms with Crippen LogP contribution >= 0.6 is 0 Å². The van der Waals surface area contributed by atoms with Crippen LogP contribution in [-0.4, -0.2) is 59.0 Å². The van der Waals surface area contributed by atoms with Crippen molar-refractivity contribution in [2.24, 2.45) is 16.3 Å². The summed E-state index contributed by atoms with van der Waals surface area (Å²) in [6.45, 7) is 6.99. The zero-order chi connectivity index (χ0) is 14.0. The van der Waals surface area contributed by atoms with Gasteiger partial charge < -0.3 is 15.8 Å². The van der Waals surface area contributed by atoms with Crippen LogP contribution < -0.4 is 5.73 Å². The summed E-state index contributed by atoms with van der Waals surface area (Å²) in [6.07, 6.45) is 3.67. The Hall–Kier alpha value is -1.30. The van der Waals surface area contributed by atoms with Crippen LogP contribution in [0.4, 0.5) is 0 Å². The Balaban J connectivity index is 2.04. The molecule has 0 bridgehead atoms. The molecule has 1 unspecified atom stereocenters. The predicted molar refractivity (Wildman–Crippen MR) is 73.0 cm³/mol. The van der Waals surface area contributed by atoms with Crippen molar-refractivity contribution in [3.8, 4) is 0 Å². The molecule has 2 fully saturated rings. The van der Waals surface area contributed by atoms with Gasteiger partial charge in [0, 0.05) is 25.7 Å². The van der Waals surface area contributed by atoms with Gasteiger partial charge in [0.1, 0.15) is 5.41 Å². The van der Waals surface area contributed by atoms with Gasteiger partial charge in [-0.3, -0.25) is 9.69 Å². The first kappa shape index (κ1) is 14.1. The molecule has 1 amide bonds. The van der Waals surface area contributed by atoms with Crippen molar-refractivity contribution in [1.82, 2.24) is 9.80 Å². The van der Waals surface area contributed by atoms with E-state index in [9.17, 15) is 4.79 Å². The van der Waals surface area contributed by atoms with Crippen molar-refractivity contribution in [2.75, 3.05) is 26.2 Å². The minimum atomic E-state index is -0.939. The number of fused-ring (bicyclic) bond motifs is 1. The van der Waals surface area contributed by atoms with E-state index in [2.05, 4.69) is 10.1 Å². The van der Waals surface area contributed by atoms with Gasteiger partial charge in [0.15, 0.2) is 5.84 Å². The maximum absolute atomic E-state index is 12.5. The number of amidine groups is 1. The molecule has 2 rings (SSSR count). The van der Waals surface area contributed by atoms with E-state index in [1.807, 2.05) is 4.90 Å². The number of hydrogen-bond acceptors (Lipinski definition) is 4. The molecule has 6 heteroatoms. The Kier molecular flexibility index (Phi) is 3.99. The quantitative estimate of drug-likeness (QED) is 0.330. The minimum Gasteiger partial charge on any atom is -0.409 e. The third-order valence-electron chi connectivity index (χ3n) is 4.41. The summed E-state index contributed by atoms with van der Waals surface area (Å²) in [5.74, 6) is -0.0726. The first-order valence-electron chi connectivity index (χ1n) is 6.98. The summed E-state index contributed by atoms with van der Waals surface area (Å²) in [4.78, 5) is 16.9.